The Bertz CT molecular complexity index is 3590. The molecule has 0 amide bonds. The van der Waals surface area contributed by atoms with Gasteiger partial charge >= 0.3 is 0 Å². The van der Waals surface area contributed by atoms with E-state index in [2.05, 4.69) is 242 Å². The molecule has 1 aromatic heterocycles. The van der Waals surface area contributed by atoms with E-state index >= 15 is 0 Å². The molecule has 0 fully saturated rings. The minimum absolute atomic E-state index is 0.890. The van der Waals surface area contributed by atoms with Crippen molar-refractivity contribution in [3.63, 3.8) is 0 Å². The van der Waals surface area contributed by atoms with Gasteiger partial charge in [-0.05, 0) is 139 Å². The summed E-state index contributed by atoms with van der Waals surface area (Å²) in [5, 5.41) is 7.05. The zero-order valence-corrected chi connectivity index (χ0v) is 35.3. The molecule has 0 N–H and O–H groups in total. The number of benzene rings is 10. The van der Waals surface area contributed by atoms with Crippen molar-refractivity contribution in [1.82, 2.24) is 0 Å². The minimum atomic E-state index is 0.890. The molecule has 1 aliphatic carbocycles. The fourth-order valence-corrected chi connectivity index (χ4v) is 9.77. The summed E-state index contributed by atoms with van der Waals surface area (Å²) in [5.41, 5.74) is 17.1. The van der Waals surface area contributed by atoms with Gasteiger partial charge < -0.3 is 9.32 Å². The lowest BCUT2D eigenvalue weighted by Crippen LogP contribution is -2.10. The van der Waals surface area contributed by atoms with Crippen LogP contribution < -0.4 is 4.90 Å². The molecule has 0 radical (unpaired) electrons. The maximum Gasteiger partial charge on any atom is 0.143 e. The van der Waals surface area contributed by atoms with Gasteiger partial charge in [-0.3, -0.25) is 0 Å². The molecule has 0 unspecified atom stereocenters. The van der Waals surface area contributed by atoms with Gasteiger partial charge in [0.1, 0.15) is 11.2 Å². The van der Waals surface area contributed by atoms with E-state index in [0.717, 1.165) is 68.4 Å². The van der Waals surface area contributed by atoms with Gasteiger partial charge in [0.2, 0.25) is 0 Å². The molecule has 12 rings (SSSR count). The molecule has 302 valence electrons. The molecular formula is C62H43NO. The highest BCUT2D eigenvalue weighted by Crippen LogP contribution is 2.43. The Kier molecular flexibility index (Phi) is 9.34. The zero-order valence-electron chi connectivity index (χ0n) is 35.3. The molecule has 2 nitrogen and oxygen atoms in total. The topological polar surface area (TPSA) is 16.4 Å². The van der Waals surface area contributed by atoms with Gasteiger partial charge in [0, 0.05) is 33.2 Å². The van der Waals surface area contributed by atoms with Crippen molar-refractivity contribution >= 4 is 66.1 Å². The number of allylic oxidation sites excluding steroid dienone is 4. The van der Waals surface area contributed by atoms with Crippen LogP contribution in [0.2, 0.25) is 0 Å². The van der Waals surface area contributed by atoms with E-state index in [9.17, 15) is 0 Å². The highest BCUT2D eigenvalue weighted by molar-refractivity contribution is 6.19. The maximum absolute atomic E-state index is 6.62. The maximum atomic E-state index is 6.62. The van der Waals surface area contributed by atoms with Crippen molar-refractivity contribution in [3.05, 3.63) is 242 Å². The summed E-state index contributed by atoms with van der Waals surface area (Å²) in [6, 6.07) is 79.2. The summed E-state index contributed by atoms with van der Waals surface area (Å²) in [6.45, 7) is 0. The lowest BCUT2D eigenvalue weighted by molar-refractivity contribution is 0.673. The molecule has 11 aromatic rings. The van der Waals surface area contributed by atoms with Crippen LogP contribution in [-0.4, -0.2) is 0 Å². The van der Waals surface area contributed by atoms with E-state index in [1.807, 2.05) is 0 Å². The van der Waals surface area contributed by atoms with Crippen LogP contribution in [0.5, 0.6) is 0 Å². The standard InChI is InChI=1S/C62H43NO/c1-3-14-43(15-4-1)55-38-33-48(41-59(55)45-16-5-2-6-17-45)42-28-34-50(35-29-42)63(51-36-30-47(31-37-51)54-25-12-20-44-18-7-9-23-53(44)54)52-22-11-21-49(40-52)56-26-13-27-60-61(56)58-39-32-46-19-8-10-24-57(46)62(58)64-60/h2-3,5-41H,1,4H2. The van der Waals surface area contributed by atoms with Crippen LogP contribution in [0.4, 0.5) is 17.1 Å². The van der Waals surface area contributed by atoms with Gasteiger partial charge in [0.05, 0.1) is 0 Å². The van der Waals surface area contributed by atoms with Crippen molar-refractivity contribution in [1.29, 1.82) is 0 Å². The second-order valence-corrected chi connectivity index (χ2v) is 16.7. The number of anilines is 3. The van der Waals surface area contributed by atoms with Crippen molar-refractivity contribution in [2.24, 2.45) is 0 Å². The van der Waals surface area contributed by atoms with Gasteiger partial charge in [0.25, 0.3) is 0 Å². The number of furan rings is 1. The predicted octanol–water partition coefficient (Wildman–Crippen LogP) is 17.8. The van der Waals surface area contributed by atoms with Crippen LogP contribution in [0.15, 0.2) is 241 Å². The average Bonchev–Trinajstić information content (AvgIpc) is 3.77. The first-order valence-corrected chi connectivity index (χ1v) is 22.2. The van der Waals surface area contributed by atoms with E-state index < -0.39 is 0 Å². The zero-order chi connectivity index (χ0) is 42.4. The number of hydrogen-bond donors (Lipinski definition) is 0. The van der Waals surface area contributed by atoms with E-state index in [1.165, 1.54) is 60.7 Å². The third-order valence-corrected chi connectivity index (χ3v) is 12.9. The lowest BCUT2D eigenvalue weighted by Gasteiger charge is -2.26. The summed E-state index contributed by atoms with van der Waals surface area (Å²) in [6.07, 6.45) is 9.10. The second-order valence-electron chi connectivity index (χ2n) is 16.7. The minimum Gasteiger partial charge on any atom is -0.455 e. The predicted molar refractivity (Wildman–Crippen MR) is 272 cm³/mol. The molecule has 64 heavy (non-hydrogen) atoms. The molecule has 0 saturated carbocycles. The SMILES string of the molecule is C1=CC(c2ccc(-c3ccc(N(c4ccc(-c5cccc6ccccc56)cc4)c4cccc(-c5cccc6oc7c8ccccc8ccc7c56)c4)cc3)cc2-c2ccccc2)=CCC1. The van der Waals surface area contributed by atoms with Gasteiger partial charge in [0.15, 0.2) is 0 Å². The normalized spacial score (nSPS) is 12.6. The highest BCUT2D eigenvalue weighted by Gasteiger charge is 2.19. The Labute approximate surface area is 373 Å². The first-order chi connectivity index (χ1) is 31.7. The van der Waals surface area contributed by atoms with Gasteiger partial charge in [-0.25, -0.2) is 0 Å². The molecule has 1 heterocycles. The molecule has 10 aromatic carbocycles. The van der Waals surface area contributed by atoms with Crippen LogP contribution in [0.25, 0.3) is 93.6 Å². The smallest absolute Gasteiger partial charge is 0.143 e. The first-order valence-electron chi connectivity index (χ1n) is 22.2. The first kappa shape index (κ1) is 37.6. The Hall–Kier alpha value is -8.20. The number of nitrogens with zero attached hydrogens (tertiary/aromatic N) is 1. The van der Waals surface area contributed by atoms with Crippen molar-refractivity contribution in [2.75, 3.05) is 4.90 Å². The lowest BCUT2D eigenvalue weighted by atomic mass is 9.89. The number of fused-ring (bicyclic) bond motifs is 6. The Morgan fingerprint density at radius 3 is 1.80 bits per heavy atom. The van der Waals surface area contributed by atoms with E-state index in [1.54, 1.807) is 0 Å². The van der Waals surface area contributed by atoms with Crippen molar-refractivity contribution in [3.8, 4) is 44.5 Å². The average molecular weight is 818 g/mol. The van der Waals surface area contributed by atoms with Crippen molar-refractivity contribution in [2.45, 2.75) is 12.8 Å². The third-order valence-electron chi connectivity index (χ3n) is 12.9. The van der Waals surface area contributed by atoms with Crippen molar-refractivity contribution < 1.29 is 4.42 Å². The summed E-state index contributed by atoms with van der Waals surface area (Å²) >= 11 is 0. The van der Waals surface area contributed by atoms with E-state index in [0.29, 0.717) is 0 Å². The summed E-state index contributed by atoms with van der Waals surface area (Å²) in [4.78, 5) is 2.38. The Morgan fingerprint density at radius 1 is 0.359 bits per heavy atom. The van der Waals surface area contributed by atoms with E-state index in [-0.39, 0.29) is 0 Å². The Morgan fingerprint density at radius 2 is 1.00 bits per heavy atom. The Balaban J connectivity index is 0.972. The molecule has 0 bridgehead atoms. The largest absolute Gasteiger partial charge is 0.455 e. The molecule has 0 atom stereocenters. The van der Waals surface area contributed by atoms with Crippen LogP contribution in [0.3, 0.4) is 0 Å². The number of hydrogen-bond acceptors (Lipinski definition) is 2. The molecule has 0 spiro atoms. The van der Waals surface area contributed by atoms with Gasteiger partial charge in [-0.15, -0.1) is 0 Å². The van der Waals surface area contributed by atoms with Gasteiger partial charge in [-0.2, -0.15) is 0 Å². The summed E-state index contributed by atoms with van der Waals surface area (Å²) in [5.74, 6) is 0. The second kappa shape index (κ2) is 15.9. The summed E-state index contributed by atoms with van der Waals surface area (Å²) < 4.78 is 6.62. The fraction of sp³-hybridized carbons (Fsp3) is 0.0323. The monoisotopic (exact) mass is 817 g/mol. The van der Waals surface area contributed by atoms with Gasteiger partial charge in [-0.1, -0.05) is 182 Å². The van der Waals surface area contributed by atoms with Crippen LogP contribution in [0.1, 0.15) is 18.4 Å². The van der Waals surface area contributed by atoms with E-state index in [4.69, 9.17) is 4.42 Å². The molecule has 0 saturated heterocycles. The fourth-order valence-electron chi connectivity index (χ4n) is 9.77. The van der Waals surface area contributed by atoms with Crippen LogP contribution in [0, 0.1) is 0 Å². The molecular weight excluding hydrogens is 775 g/mol. The van der Waals surface area contributed by atoms with Crippen LogP contribution >= 0.6 is 0 Å². The molecule has 2 heteroatoms. The highest BCUT2D eigenvalue weighted by atomic mass is 16.3. The van der Waals surface area contributed by atoms with Crippen LogP contribution in [-0.2, 0) is 0 Å². The molecule has 1 aliphatic rings. The summed E-state index contributed by atoms with van der Waals surface area (Å²) in [7, 11) is 0. The quantitative estimate of drug-likeness (QED) is 0.152. The molecule has 0 aliphatic heterocycles. The number of rotatable bonds is 8. The third kappa shape index (κ3) is 6.68.